The minimum Gasteiger partial charge on any atom is -0.329 e. The van der Waals surface area contributed by atoms with Crippen molar-refractivity contribution in [1.82, 2.24) is 23.8 Å². The molecule has 0 N–H and O–H groups in total. The first-order valence-corrected chi connectivity index (χ1v) is 11.0. The summed E-state index contributed by atoms with van der Waals surface area (Å²) in [6.07, 6.45) is 0. The number of imidazole rings is 1. The van der Waals surface area contributed by atoms with E-state index in [9.17, 15) is 18.0 Å². The number of nitrogens with zero attached hydrogens (tertiary/aromatic N) is 5. The lowest BCUT2D eigenvalue weighted by Gasteiger charge is -2.35. The Morgan fingerprint density at radius 1 is 1.03 bits per heavy atom. The molecule has 168 valence electrons. The van der Waals surface area contributed by atoms with Gasteiger partial charge in [0.25, 0.3) is 5.91 Å². The van der Waals surface area contributed by atoms with Gasteiger partial charge in [-0.05, 0) is 61.8 Å². The van der Waals surface area contributed by atoms with Gasteiger partial charge < -0.3 is 9.47 Å². The largest absolute Gasteiger partial charge is 0.329 e. The minimum absolute atomic E-state index is 0.123. The highest BCUT2D eigenvalue weighted by atomic mass is 32.1. The van der Waals surface area contributed by atoms with E-state index in [0.29, 0.717) is 41.0 Å². The summed E-state index contributed by atoms with van der Waals surface area (Å²) in [5, 5.41) is 0.530. The van der Waals surface area contributed by atoms with Crippen LogP contribution in [0.5, 0.6) is 0 Å². The van der Waals surface area contributed by atoms with E-state index in [-0.39, 0.29) is 17.2 Å². The molecule has 1 aliphatic heterocycles. The summed E-state index contributed by atoms with van der Waals surface area (Å²) in [6.45, 7) is 4.23. The van der Waals surface area contributed by atoms with Crippen molar-refractivity contribution in [2.75, 3.05) is 6.54 Å². The number of aryl methyl sites for hydroxylation is 1. The first kappa shape index (κ1) is 21.3. The van der Waals surface area contributed by atoms with Crippen molar-refractivity contribution in [3.8, 4) is 22.1 Å². The minimum atomic E-state index is -0.745. The van der Waals surface area contributed by atoms with E-state index in [1.807, 2.05) is 4.57 Å². The fourth-order valence-electron chi connectivity index (χ4n) is 4.16. The summed E-state index contributed by atoms with van der Waals surface area (Å²) < 4.78 is 48.9. The number of fused-ring (bicyclic) bond motifs is 1. The number of rotatable bonds is 3. The van der Waals surface area contributed by atoms with Crippen molar-refractivity contribution in [3.05, 3.63) is 77.0 Å². The maximum atomic E-state index is 14.8. The number of hydrogen-bond acceptors (Lipinski definition) is 5. The fraction of sp³-hybridized carbons (Fsp3) is 0.217. The monoisotopic (exact) mass is 469 g/mol. The van der Waals surface area contributed by atoms with Crippen molar-refractivity contribution in [3.63, 3.8) is 0 Å². The second kappa shape index (κ2) is 8.11. The van der Waals surface area contributed by atoms with Crippen molar-refractivity contribution in [2.45, 2.75) is 26.4 Å². The maximum Gasteiger partial charge on any atom is 0.254 e. The Morgan fingerprint density at radius 3 is 2.36 bits per heavy atom. The molecule has 10 heteroatoms. The van der Waals surface area contributed by atoms with Gasteiger partial charge in [0, 0.05) is 18.7 Å². The van der Waals surface area contributed by atoms with Crippen LogP contribution < -0.4 is 0 Å². The van der Waals surface area contributed by atoms with Gasteiger partial charge in [-0.3, -0.25) is 4.79 Å². The van der Waals surface area contributed by atoms with Crippen molar-refractivity contribution < 1.29 is 18.0 Å². The summed E-state index contributed by atoms with van der Waals surface area (Å²) in [5.41, 5.74) is 0.701. The normalized spacial score (nSPS) is 15.5. The number of carbonyl (C=O) groups is 1. The summed E-state index contributed by atoms with van der Waals surface area (Å²) in [7, 11) is 0. The highest BCUT2D eigenvalue weighted by Crippen LogP contribution is 2.40. The van der Waals surface area contributed by atoms with Gasteiger partial charge in [0.1, 0.15) is 29.0 Å². The number of carbonyl (C=O) groups excluding carboxylic acids is 1. The summed E-state index contributed by atoms with van der Waals surface area (Å²) >= 11 is 1.15. The Balaban J connectivity index is 1.66. The highest BCUT2D eigenvalue weighted by molar-refractivity contribution is 7.09. The first-order chi connectivity index (χ1) is 15.8. The van der Waals surface area contributed by atoms with Crippen molar-refractivity contribution >= 4 is 17.4 Å². The van der Waals surface area contributed by atoms with Crippen LogP contribution in [0.3, 0.4) is 0 Å². The van der Waals surface area contributed by atoms with Crippen LogP contribution in [0.25, 0.3) is 22.1 Å². The van der Waals surface area contributed by atoms with Crippen LogP contribution in [0, 0.1) is 24.4 Å². The molecule has 2 aromatic heterocycles. The Labute approximate surface area is 191 Å². The van der Waals surface area contributed by atoms with Gasteiger partial charge in [-0.1, -0.05) is 6.07 Å². The second-order valence-electron chi connectivity index (χ2n) is 7.75. The van der Waals surface area contributed by atoms with Crippen LogP contribution in [0.4, 0.5) is 13.2 Å². The van der Waals surface area contributed by atoms with E-state index >= 15 is 0 Å². The molecule has 0 radical (unpaired) electrons. The molecular weight excluding hydrogens is 451 g/mol. The molecule has 0 aliphatic carbocycles. The highest BCUT2D eigenvalue weighted by Gasteiger charge is 2.36. The summed E-state index contributed by atoms with van der Waals surface area (Å²) in [4.78, 5) is 23.8. The molecule has 2 aromatic carbocycles. The third-order valence-electron chi connectivity index (χ3n) is 5.70. The number of amides is 1. The van der Waals surface area contributed by atoms with Crippen LogP contribution in [0.15, 0.2) is 42.5 Å². The van der Waals surface area contributed by atoms with Crippen LogP contribution >= 0.6 is 11.5 Å². The van der Waals surface area contributed by atoms with Gasteiger partial charge in [0.2, 0.25) is 0 Å². The smallest absolute Gasteiger partial charge is 0.254 e. The van der Waals surface area contributed by atoms with Gasteiger partial charge in [-0.2, -0.15) is 4.37 Å². The third kappa shape index (κ3) is 3.60. The average molecular weight is 469 g/mol. The first-order valence-electron chi connectivity index (χ1n) is 10.3. The standard InChI is InChI=1S/C23H18F3N5OS/c1-12-20-19(18-16(25)4-3-5-17(18)26)28-21(22-27-13(2)29-33-22)31(20)11-10-30(12)23(32)14-6-8-15(24)9-7-14/h3-9,12H,10-11H2,1-2H3/t12-/m1/s1. The Bertz CT molecular complexity index is 1340. The molecule has 0 spiro atoms. The predicted molar refractivity (Wildman–Crippen MR) is 117 cm³/mol. The van der Waals surface area contributed by atoms with Crippen LogP contribution in [-0.2, 0) is 6.54 Å². The quantitative estimate of drug-likeness (QED) is 0.423. The molecule has 0 bridgehead atoms. The van der Waals surface area contributed by atoms with E-state index in [2.05, 4.69) is 14.3 Å². The van der Waals surface area contributed by atoms with Gasteiger partial charge in [0.15, 0.2) is 10.8 Å². The van der Waals surface area contributed by atoms with Crippen molar-refractivity contribution in [2.24, 2.45) is 0 Å². The lowest BCUT2D eigenvalue weighted by Crippen LogP contribution is -2.41. The van der Waals surface area contributed by atoms with Gasteiger partial charge >= 0.3 is 0 Å². The van der Waals surface area contributed by atoms with E-state index < -0.39 is 23.5 Å². The van der Waals surface area contributed by atoms with E-state index in [1.165, 1.54) is 42.5 Å². The predicted octanol–water partition coefficient (Wildman–Crippen LogP) is 5.01. The van der Waals surface area contributed by atoms with E-state index in [1.54, 1.807) is 18.7 Å². The fourth-order valence-corrected chi connectivity index (χ4v) is 4.83. The molecule has 0 saturated carbocycles. The molecule has 33 heavy (non-hydrogen) atoms. The van der Waals surface area contributed by atoms with E-state index in [4.69, 9.17) is 0 Å². The number of hydrogen-bond donors (Lipinski definition) is 0. The molecule has 1 aliphatic rings. The molecular formula is C23H18F3N5OS. The number of benzene rings is 2. The molecule has 0 fully saturated rings. The maximum absolute atomic E-state index is 14.8. The molecule has 0 unspecified atom stereocenters. The second-order valence-corrected chi connectivity index (χ2v) is 8.50. The number of halogens is 3. The van der Waals surface area contributed by atoms with Crippen molar-refractivity contribution in [1.29, 1.82) is 0 Å². The lowest BCUT2D eigenvalue weighted by molar-refractivity contribution is 0.0645. The molecule has 1 atom stereocenters. The number of aromatic nitrogens is 4. The average Bonchev–Trinajstić information content (AvgIpc) is 3.38. The molecule has 4 aromatic rings. The Kier molecular flexibility index (Phi) is 5.24. The Morgan fingerprint density at radius 2 is 1.73 bits per heavy atom. The summed E-state index contributed by atoms with van der Waals surface area (Å²) in [6, 6.07) is 8.37. The van der Waals surface area contributed by atoms with E-state index in [0.717, 1.165) is 11.5 Å². The van der Waals surface area contributed by atoms with Crippen LogP contribution in [-0.4, -0.2) is 36.3 Å². The molecule has 0 saturated heterocycles. The Hall–Kier alpha value is -3.53. The zero-order valence-electron chi connectivity index (χ0n) is 17.7. The SMILES string of the molecule is Cc1nsc(-c2nc(-c3c(F)cccc3F)c3n2CCN(C(=O)c2ccc(F)cc2)[C@@H]3C)n1. The third-order valence-corrected chi connectivity index (χ3v) is 6.51. The molecule has 1 amide bonds. The molecule has 6 nitrogen and oxygen atoms in total. The van der Waals surface area contributed by atoms with Gasteiger partial charge in [-0.15, -0.1) is 0 Å². The zero-order valence-corrected chi connectivity index (χ0v) is 18.5. The van der Waals surface area contributed by atoms with Gasteiger partial charge in [-0.25, -0.2) is 23.1 Å². The van der Waals surface area contributed by atoms with Crippen LogP contribution in [0.1, 0.15) is 34.8 Å². The lowest BCUT2D eigenvalue weighted by atomic mass is 10.0. The van der Waals surface area contributed by atoms with Crippen LogP contribution in [0.2, 0.25) is 0 Å². The molecule has 5 rings (SSSR count). The molecule has 3 heterocycles. The topological polar surface area (TPSA) is 63.9 Å². The zero-order chi connectivity index (χ0) is 23.3. The summed E-state index contributed by atoms with van der Waals surface area (Å²) in [5.74, 6) is -1.21. The van der Waals surface area contributed by atoms with Gasteiger partial charge in [0.05, 0.1) is 17.3 Å².